The Kier molecular flexibility index (Phi) is 6.26. The second-order valence-corrected chi connectivity index (χ2v) is 6.01. The van der Waals surface area contributed by atoms with Gasteiger partial charge in [0.15, 0.2) is 0 Å². The number of rotatable bonds is 5. The summed E-state index contributed by atoms with van der Waals surface area (Å²) in [6.07, 6.45) is 9.08. The molecule has 2 rings (SSSR count). The average Bonchev–Trinajstić information content (AvgIpc) is 2.73. The summed E-state index contributed by atoms with van der Waals surface area (Å²) in [5, 5.41) is 2.90. The van der Waals surface area contributed by atoms with Crippen molar-refractivity contribution in [3.63, 3.8) is 0 Å². The van der Waals surface area contributed by atoms with Crippen LogP contribution in [-0.4, -0.2) is 43.9 Å². The maximum atomic E-state index is 12.1. The summed E-state index contributed by atoms with van der Waals surface area (Å²) in [5.74, 6) is -0.0646. The SMILES string of the molecule is NC1(C(=O)NCCOC2CCCCCC2)CCOCC1. The van der Waals surface area contributed by atoms with Crippen LogP contribution in [0.2, 0.25) is 0 Å². The number of nitrogens with two attached hydrogens (primary N) is 1. The first kappa shape index (κ1) is 15.7. The predicted octanol–water partition coefficient (Wildman–Crippen LogP) is 1.35. The summed E-state index contributed by atoms with van der Waals surface area (Å²) in [6, 6.07) is 0. The first-order chi connectivity index (χ1) is 9.71. The molecule has 20 heavy (non-hydrogen) atoms. The molecule has 1 aliphatic heterocycles. The third kappa shape index (κ3) is 4.72. The molecule has 1 saturated heterocycles. The highest BCUT2D eigenvalue weighted by Gasteiger charge is 2.35. The van der Waals surface area contributed by atoms with Crippen molar-refractivity contribution in [3.8, 4) is 0 Å². The molecule has 0 spiro atoms. The predicted molar refractivity (Wildman–Crippen MR) is 77.4 cm³/mol. The van der Waals surface area contributed by atoms with Gasteiger partial charge in [-0.05, 0) is 25.7 Å². The molecule has 3 N–H and O–H groups in total. The Hall–Kier alpha value is -0.650. The number of ether oxygens (including phenoxy) is 2. The van der Waals surface area contributed by atoms with Crippen molar-refractivity contribution in [2.75, 3.05) is 26.4 Å². The molecule has 0 radical (unpaired) electrons. The van der Waals surface area contributed by atoms with E-state index in [0.29, 0.717) is 45.3 Å². The highest BCUT2D eigenvalue weighted by molar-refractivity contribution is 5.86. The zero-order valence-electron chi connectivity index (χ0n) is 12.4. The van der Waals surface area contributed by atoms with Crippen LogP contribution in [0.25, 0.3) is 0 Å². The molecule has 0 aromatic carbocycles. The number of nitrogens with one attached hydrogen (secondary N) is 1. The van der Waals surface area contributed by atoms with E-state index in [2.05, 4.69) is 5.32 Å². The second kappa shape index (κ2) is 7.96. The minimum absolute atomic E-state index is 0.0646. The molecule has 0 bridgehead atoms. The fraction of sp³-hybridized carbons (Fsp3) is 0.933. The van der Waals surface area contributed by atoms with Crippen LogP contribution in [-0.2, 0) is 14.3 Å². The lowest BCUT2D eigenvalue weighted by Crippen LogP contribution is -2.57. The highest BCUT2D eigenvalue weighted by atomic mass is 16.5. The summed E-state index contributed by atoms with van der Waals surface area (Å²) in [7, 11) is 0. The van der Waals surface area contributed by atoms with Crippen molar-refractivity contribution in [3.05, 3.63) is 0 Å². The molecule has 5 heteroatoms. The van der Waals surface area contributed by atoms with Crippen molar-refractivity contribution < 1.29 is 14.3 Å². The number of carbonyl (C=O) groups is 1. The van der Waals surface area contributed by atoms with Gasteiger partial charge in [0.2, 0.25) is 5.91 Å². The maximum Gasteiger partial charge on any atom is 0.240 e. The van der Waals surface area contributed by atoms with Crippen molar-refractivity contribution in [2.45, 2.75) is 63.0 Å². The van der Waals surface area contributed by atoms with Gasteiger partial charge in [-0.15, -0.1) is 0 Å². The van der Waals surface area contributed by atoms with E-state index in [4.69, 9.17) is 15.2 Å². The summed E-state index contributed by atoms with van der Waals surface area (Å²) < 4.78 is 11.1. The number of hydrogen-bond acceptors (Lipinski definition) is 4. The summed E-state index contributed by atoms with van der Waals surface area (Å²) in [4.78, 5) is 12.1. The van der Waals surface area contributed by atoms with Crippen LogP contribution in [0.3, 0.4) is 0 Å². The minimum atomic E-state index is -0.749. The topological polar surface area (TPSA) is 73.6 Å². The normalized spacial score (nSPS) is 24.1. The number of carbonyl (C=O) groups excluding carboxylic acids is 1. The van der Waals surface area contributed by atoms with Gasteiger partial charge in [-0.2, -0.15) is 0 Å². The fourth-order valence-electron chi connectivity index (χ4n) is 2.94. The highest BCUT2D eigenvalue weighted by Crippen LogP contribution is 2.20. The molecule has 2 aliphatic rings. The van der Waals surface area contributed by atoms with Crippen LogP contribution < -0.4 is 11.1 Å². The van der Waals surface area contributed by atoms with Gasteiger partial charge in [-0.25, -0.2) is 0 Å². The summed E-state index contributed by atoms with van der Waals surface area (Å²) in [6.45, 7) is 2.28. The zero-order valence-corrected chi connectivity index (χ0v) is 12.4. The molecule has 0 aromatic rings. The first-order valence-electron chi connectivity index (χ1n) is 7.97. The van der Waals surface area contributed by atoms with E-state index >= 15 is 0 Å². The second-order valence-electron chi connectivity index (χ2n) is 6.01. The van der Waals surface area contributed by atoms with Crippen LogP contribution in [0, 0.1) is 0 Å². The van der Waals surface area contributed by atoms with Crippen molar-refractivity contribution >= 4 is 5.91 Å². The molecule has 2 fully saturated rings. The standard InChI is InChI=1S/C15H28N2O3/c16-15(7-10-19-11-8-15)14(18)17-9-12-20-13-5-3-1-2-4-6-13/h13H,1-12,16H2,(H,17,18). The lowest BCUT2D eigenvalue weighted by molar-refractivity contribution is -0.130. The molecule has 0 unspecified atom stereocenters. The summed E-state index contributed by atoms with van der Waals surface area (Å²) >= 11 is 0. The van der Waals surface area contributed by atoms with Crippen LogP contribution in [0.4, 0.5) is 0 Å². The molecule has 1 heterocycles. The lowest BCUT2D eigenvalue weighted by Gasteiger charge is -2.31. The molecule has 116 valence electrons. The van der Waals surface area contributed by atoms with Crippen LogP contribution in [0.15, 0.2) is 0 Å². The largest absolute Gasteiger partial charge is 0.381 e. The lowest BCUT2D eigenvalue weighted by atomic mass is 9.90. The molecular weight excluding hydrogens is 256 g/mol. The van der Waals surface area contributed by atoms with E-state index in [1.807, 2.05) is 0 Å². The molecule has 1 amide bonds. The number of hydrogen-bond donors (Lipinski definition) is 2. The van der Waals surface area contributed by atoms with Gasteiger partial charge in [0.05, 0.1) is 18.2 Å². The molecular formula is C15H28N2O3. The third-order valence-electron chi connectivity index (χ3n) is 4.38. The Morgan fingerprint density at radius 2 is 1.85 bits per heavy atom. The number of amides is 1. The molecule has 1 aliphatic carbocycles. The Morgan fingerprint density at radius 1 is 1.20 bits per heavy atom. The average molecular weight is 284 g/mol. The van der Waals surface area contributed by atoms with Crippen molar-refractivity contribution in [1.29, 1.82) is 0 Å². The monoisotopic (exact) mass is 284 g/mol. The van der Waals surface area contributed by atoms with E-state index in [9.17, 15) is 4.79 Å². The van der Waals surface area contributed by atoms with Gasteiger partial charge >= 0.3 is 0 Å². The minimum Gasteiger partial charge on any atom is -0.381 e. The molecule has 1 saturated carbocycles. The van der Waals surface area contributed by atoms with Crippen molar-refractivity contribution in [1.82, 2.24) is 5.32 Å². The van der Waals surface area contributed by atoms with Crippen LogP contribution in [0.1, 0.15) is 51.4 Å². The van der Waals surface area contributed by atoms with E-state index in [1.165, 1.54) is 25.7 Å². The maximum absolute atomic E-state index is 12.1. The Balaban J connectivity index is 1.61. The quantitative estimate of drug-likeness (QED) is 0.590. The van der Waals surface area contributed by atoms with Gasteiger partial charge in [0, 0.05) is 19.8 Å². The van der Waals surface area contributed by atoms with Gasteiger partial charge in [-0.3, -0.25) is 4.79 Å². The smallest absolute Gasteiger partial charge is 0.240 e. The molecule has 5 nitrogen and oxygen atoms in total. The Morgan fingerprint density at radius 3 is 2.50 bits per heavy atom. The Labute approximate surface area is 121 Å². The molecule has 0 atom stereocenters. The van der Waals surface area contributed by atoms with Gasteiger partial charge < -0.3 is 20.5 Å². The fourth-order valence-corrected chi connectivity index (χ4v) is 2.94. The van der Waals surface area contributed by atoms with Gasteiger partial charge in [0.1, 0.15) is 0 Å². The van der Waals surface area contributed by atoms with E-state index in [-0.39, 0.29) is 5.91 Å². The van der Waals surface area contributed by atoms with Gasteiger partial charge in [0.25, 0.3) is 0 Å². The zero-order chi connectivity index (χ0) is 14.3. The van der Waals surface area contributed by atoms with E-state index in [0.717, 1.165) is 12.8 Å². The first-order valence-corrected chi connectivity index (χ1v) is 7.97. The van der Waals surface area contributed by atoms with Crippen LogP contribution in [0.5, 0.6) is 0 Å². The molecule has 0 aromatic heterocycles. The van der Waals surface area contributed by atoms with E-state index < -0.39 is 5.54 Å². The van der Waals surface area contributed by atoms with Crippen molar-refractivity contribution in [2.24, 2.45) is 5.73 Å². The van der Waals surface area contributed by atoms with Gasteiger partial charge in [-0.1, -0.05) is 25.7 Å². The third-order valence-corrected chi connectivity index (χ3v) is 4.38. The summed E-state index contributed by atoms with van der Waals surface area (Å²) in [5.41, 5.74) is 5.37. The van der Waals surface area contributed by atoms with E-state index in [1.54, 1.807) is 0 Å². The Bertz CT molecular complexity index is 295. The van der Waals surface area contributed by atoms with Crippen LogP contribution >= 0.6 is 0 Å².